The number of carbonyl (C=O) groups excluding carboxylic acids is 1. The largest absolute Gasteiger partial charge is 0.362 e. The summed E-state index contributed by atoms with van der Waals surface area (Å²) in [6.45, 7) is 3.43. The molecular weight excluding hydrogens is 429 g/mol. The number of halogens is 2. The summed E-state index contributed by atoms with van der Waals surface area (Å²) in [6.07, 6.45) is 1.53. The normalized spacial score (nSPS) is 13.6. The Morgan fingerprint density at radius 1 is 1.34 bits per heavy atom. The molecule has 154 valence electrons. The SMILES string of the molecule is Cc1cc(NC(=S)NCCSCc2c(F)cccc2Cl)ccc1N1CCCC1=O. The zero-order valence-electron chi connectivity index (χ0n) is 16.1. The van der Waals surface area contributed by atoms with E-state index in [2.05, 4.69) is 10.6 Å². The number of nitrogens with zero attached hydrogens (tertiary/aromatic N) is 1. The Labute approximate surface area is 185 Å². The molecule has 0 saturated carbocycles. The number of thiocarbonyl (C=S) groups is 1. The van der Waals surface area contributed by atoms with Crippen molar-refractivity contribution in [3.05, 3.63) is 58.4 Å². The highest BCUT2D eigenvalue weighted by Crippen LogP contribution is 2.27. The molecule has 0 aromatic heterocycles. The molecule has 0 unspecified atom stereocenters. The second-order valence-electron chi connectivity index (χ2n) is 6.78. The molecule has 2 aromatic rings. The Balaban J connectivity index is 1.42. The van der Waals surface area contributed by atoms with Gasteiger partial charge in [0, 0.05) is 53.0 Å². The Morgan fingerprint density at radius 2 is 2.17 bits per heavy atom. The van der Waals surface area contributed by atoms with Crippen molar-refractivity contribution in [2.24, 2.45) is 0 Å². The van der Waals surface area contributed by atoms with Crippen LogP contribution < -0.4 is 15.5 Å². The Hall–Kier alpha value is -1.83. The van der Waals surface area contributed by atoms with Crippen LogP contribution in [0.25, 0.3) is 0 Å². The Kier molecular flexibility index (Phi) is 7.75. The predicted molar refractivity (Wildman–Crippen MR) is 125 cm³/mol. The van der Waals surface area contributed by atoms with Gasteiger partial charge >= 0.3 is 0 Å². The molecule has 1 aliphatic heterocycles. The van der Waals surface area contributed by atoms with E-state index in [9.17, 15) is 9.18 Å². The maximum absolute atomic E-state index is 13.7. The van der Waals surface area contributed by atoms with Gasteiger partial charge in [-0.2, -0.15) is 11.8 Å². The van der Waals surface area contributed by atoms with Gasteiger partial charge in [-0.15, -0.1) is 0 Å². The minimum absolute atomic E-state index is 0.181. The van der Waals surface area contributed by atoms with Crippen LogP contribution in [-0.2, 0) is 10.5 Å². The summed E-state index contributed by atoms with van der Waals surface area (Å²) in [4.78, 5) is 13.8. The van der Waals surface area contributed by atoms with Crippen LogP contribution >= 0.6 is 35.6 Å². The number of anilines is 2. The highest BCUT2D eigenvalue weighted by atomic mass is 35.5. The summed E-state index contributed by atoms with van der Waals surface area (Å²) in [5, 5.41) is 7.30. The van der Waals surface area contributed by atoms with E-state index in [0.717, 1.165) is 35.7 Å². The van der Waals surface area contributed by atoms with Gasteiger partial charge in [0.05, 0.1) is 0 Å². The van der Waals surface area contributed by atoms with Crippen molar-refractivity contribution < 1.29 is 9.18 Å². The summed E-state index contributed by atoms with van der Waals surface area (Å²) < 4.78 is 13.7. The smallest absolute Gasteiger partial charge is 0.227 e. The van der Waals surface area contributed by atoms with Crippen molar-refractivity contribution >= 4 is 58.0 Å². The number of nitrogens with one attached hydrogen (secondary N) is 2. The van der Waals surface area contributed by atoms with E-state index < -0.39 is 0 Å². The van der Waals surface area contributed by atoms with E-state index in [1.165, 1.54) is 6.07 Å². The van der Waals surface area contributed by atoms with Crippen LogP contribution in [0.3, 0.4) is 0 Å². The first-order chi connectivity index (χ1) is 14.0. The lowest BCUT2D eigenvalue weighted by atomic mass is 10.1. The summed E-state index contributed by atoms with van der Waals surface area (Å²) in [5.41, 5.74) is 3.40. The molecule has 1 aliphatic rings. The number of hydrogen-bond acceptors (Lipinski definition) is 3. The molecule has 0 bridgehead atoms. The lowest BCUT2D eigenvalue weighted by molar-refractivity contribution is -0.117. The van der Waals surface area contributed by atoms with Gasteiger partial charge < -0.3 is 15.5 Å². The number of benzene rings is 2. The molecule has 8 heteroatoms. The van der Waals surface area contributed by atoms with Gasteiger partial charge in [-0.05, 0) is 61.5 Å². The number of rotatable bonds is 7. The molecular formula is C21H23ClFN3OS2. The van der Waals surface area contributed by atoms with Gasteiger partial charge in [-0.3, -0.25) is 4.79 Å². The highest BCUT2D eigenvalue weighted by molar-refractivity contribution is 7.98. The maximum atomic E-state index is 13.7. The van der Waals surface area contributed by atoms with Crippen molar-refractivity contribution in [2.75, 3.05) is 29.1 Å². The maximum Gasteiger partial charge on any atom is 0.227 e. The summed E-state index contributed by atoms with van der Waals surface area (Å²) in [7, 11) is 0. The minimum atomic E-state index is -0.274. The summed E-state index contributed by atoms with van der Waals surface area (Å²) in [6, 6.07) is 10.6. The molecule has 0 spiro atoms. The predicted octanol–water partition coefficient (Wildman–Crippen LogP) is 5.13. The Bertz CT molecular complexity index is 889. The van der Waals surface area contributed by atoms with Gasteiger partial charge in [0.1, 0.15) is 5.82 Å². The van der Waals surface area contributed by atoms with E-state index in [0.29, 0.717) is 34.4 Å². The first-order valence-corrected chi connectivity index (χ1v) is 11.4. The molecule has 2 aromatic carbocycles. The number of amides is 1. The first kappa shape index (κ1) is 21.9. The summed E-state index contributed by atoms with van der Waals surface area (Å²) in [5.74, 6) is 1.19. The van der Waals surface area contributed by atoms with E-state index in [1.807, 2.05) is 30.0 Å². The molecule has 2 N–H and O–H groups in total. The molecule has 0 aliphatic carbocycles. The molecule has 4 nitrogen and oxygen atoms in total. The molecule has 3 rings (SSSR count). The first-order valence-electron chi connectivity index (χ1n) is 9.42. The number of aryl methyl sites for hydroxylation is 1. The fraction of sp³-hybridized carbons (Fsp3) is 0.333. The standard InChI is InChI=1S/C21H23ClFN3OS2/c1-14-12-15(7-8-19(14)26-10-3-6-20(26)27)25-21(28)24-9-11-29-13-16-17(22)4-2-5-18(16)23/h2,4-5,7-8,12H,3,6,9-11,13H2,1H3,(H2,24,25,28). The van der Waals surface area contributed by atoms with Crippen molar-refractivity contribution in [3.8, 4) is 0 Å². The topological polar surface area (TPSA) is 44.4 Å². The molecule has 1 fully saturated rings. The average Bonchev–Trinajstić information content (AvgIpc) is 3.09. The molecule has 0 atom stereocenters. The third-order valence-corrected chi connectivity index (χ3v) is 6.25. The van der Waals surface area contributed by atoms with Crippen LogP contribution in [0.4, 0.5) is 15.8 Å². The Morgan fingerprint density at radius 3 is 2.86 bits per heavy atom. The lowest BCUT2D eigenvalue weighted by Gasteiger charge is -2.19. The summed E-state index contributed by atoms with van der Waals surface area (Å²) >= 11 is 13.0. The number of hydrogen-bond donors (Lipinski definition) is 2. The second-order valence-corrected chi connectivity index (χ2v) is 8.70. The van der Waals surface area contributed by atoms with Gasteiger partial charge in [0.25, 0.3) is 0 Å². The minimum Gasteiger partial charge on any atom is -0.362 e. The lowest BCUT2D eigenvalue weighted by Crippen LogP contribution is -2.30. The third-order valence-electron chi connectivity index (χ3n) is 4.66. The zero-order valence-corrected chi connectivity index (χ0v) is 18.5. The molecule has 1 saturated heterocycles. The fourth-order valence-electron chi connectivity index (χ4n) is 3.20. The highest BCUT2D eigenvalue weighted by Gasteiger charge is 2.22. The molecule has 0 radical (unpaired) electrons. The van der Waals surface area contributed by atoms with Crippen LogP contribution in [0, 0.1) is 12.7 Å². The molecule has 29 heavy (non-hydrogen) atoms. The van der Waals surface area contributed by atoms with Crippen LogP contribution in [0.15, 0.2) is 36.4 Å². The van der Waals surface area contributed by atoms with E-state index in [-0.39, 0.29) is 11.7 Å². The van der Waals surface area contributed by atoms with Gasteiger partial charge in [-0.1, -0.05) is 17.7 Å². The monoisotopic (exact) mass is 451 g/mol. The third kappa shape index (κ3) is 5.84. The second kappa shape index (κ2) is 10.3. The van der Waals surface area contributed by atoms with Crippen LogP contribution in [0.2, 0.25) is 5.02 Å². The van der Waals surface area contributed by atoms with Crippen molar-refractivity contribution in [1.29, 1.82) is 0 Å². The van der Waals surface area contributed by atoms with Gasteiger partial charge in [0.2, 0.25) is 5.91 Å². The molecule has 1 amide bonds. The van der Waals surface area contributed by atoms with E-state index in [1.54, 1.807) is 23.9 Å². The van der Waals surface area contributed by atoms with Crippen LogP contribution in [-0.4, -0.2) is 29.9 Å². The van der Waals surface area contributed by atoms with Crippen LogP contribution in [0.1, 0.15) is 24.0 Å². The van der Waals surface area contributed by atoms with Crippen molar-refractivity contribution in [3.63, 3.8) is 0 Å². The van der Waals surface area contributed by atoms with Crippen LogP contribution in [0.5, 0.6) is 0 Å². The van der Waals surface area contributed by atoms with Gasteiger partial charge in [0.15, 0.2) is 5.11 Å². The fourth-order valence-corrected chi connectivity index (χ4v) is 4.61. The number of thioether (sulfide) groups is 1. The van der Waals surface area contributed by atoms with Gasteiger partial charge in [-0.25, -0.2) is 4.39 Å². The number of carbonyl (C=O) groups is 1. The van der Waals surface area contributed by atoms with Crippen molar-refractivity contribution in [1.82, 2.24) is 5.32 Å². The quantitative estimate of drug-likeness (QED) is 0.451. The average molecular weight is 452 g/mol. The van der Waals surface area contributed by atoms with Crippen molar-refractivity contribution in [2.45, 2.75) is 25.5 Å². The zero-order chi connectivity index (χ0) is 20.8. The molecule has 1 heterocycles. The van der Waals surface area contributed by atoms with E-state index in [4.69, 9.17) is 23.8 Å². The van der Waals surface area contributed by atoms with E-state index >= 15 is 0 Å².